The minimum atomic E-state index is -0.316. The summed E-state index contributed by atoms with van der Waals surface area (Å²) in [6, 6.07) is 9.83. The van der Waals surface area contributed by atoms with Crippen molar-refractivity contribution >= 4 is 17.3 Å². The summed E-state index contributed by atoms with van der Waals surface area (Å²) in [7, 11) is 0. The number of ketones is 2. The van der Waals surface area contributed by atoms with E-state index < -0.39 is 0 Å². The molecule has 0 spiro atoms. The van der Waals surface area contributed by atoms with Crippen molar-refractivity contribution in [1.29, 1.82) is 0 Å². The molecule has 1 aliphatic carbocycles. The minimum Gasteiger partial charge on any atom is -0.289 e. The number of carbonyl (C=O) groups excluding carboxylic acids is 2. The number of nitrogens with zero attached hydrogens (tertiary/aromatic N) is 1. The smallest absolute Gasteiger partial charge is 0.196 e. The van der Waals surface area contributed by atoms with Crippen LogP contribution < -0.4 is 0 Å². The molecule has 0 aliphatic heterocycles. The largest absolute Gasteiger partial charge is 0.289 e. The van der Waals surface area contributed by atoms with Gasteiger partial charge in [-0.05, 0) is 23.7 Å². The van der Waals surface area contributed by atoms with Crippen LogP contribution in [0.2, 0.25) is 0 Å². The first-order valence-corrected chi connectivity index (χ1v) is 5.80. The van der Waals surface area contributed by atoms with Crippen LogP contribution in [0, 0.1) is 11.8 Å². The van der Waals surface area contributed by atoms with Gasteiger partial charge in [0.1, 0.15) is 5.69 Å². The number of hydrogen-bond acceptors (Lipinski definition) is 4. The lowest BCUT2D eigenvalue weighted by molar-refractivity contribution is 0.0979. The Labute approximate surface area is 109 Å². The van der Waals surface area contributed by atoms with Crippen molar-refractivity contribution in [2.24, 2.45) is 5.18 Å². The van der Waals surface area contributed by atoms with Crippen LogP contribution in [0.5, 0.6) is 0 Å². The number of fused-ring (bicyclic) bond motifs is 2. The minimum absolute atomic E-state index is 0.0605. The molecule has 0 radical (unpaired) electrons. The molecule has 0 atom stereocenters. The highest BCUT2D eigenvalue weighted by molar-refractivity contribution is 6.30. The summed E-state index contributed by atoms with van der Waals surface area (Å²) >= 11 is 0. The number of carbonyl (C=O) groups is 2. The highest BCUT2D eigenvalue weighted by Crippen LogP contribution is 2.35. The topological polar surface area (TPSA) is 63.6 Å². The van der Waals surface area contributed by atoms with Crippen LogP contribution in [0.4, 0.5) is 5.69 Å². The van der Waals surface area contributed by atoms with E-state index in [0.717, 1.165) is 0 Å². The number of benzene rings is 2. The van der Waals surface area contributed by atoms with Gasteiger partial charge in [0, 0.05) is 16.7 Å². The number of rotatable bonds is 1. The standard InChI is InChI=1S/C15H9NO3/c1-8-6-7-11-12(13(8)16-19)15(18)10-5-3-2-4-9(10)14(11)17/h2-7H,1H3. The third kappa shape index (κ3) is 1.46. The molecule has 0 heterocycles. The molecule has 2 aromatic rings. The van der Waals surface area contributed by atoms with Gasteiger partial charge in [-0.1, -0.05) is 30.3 Å². The van der Waals surface area contributed by atoms with E-state index in [4.69, 9.17) is 0 Å². The average molecular weight is 251 g/mol. The van der Waals surface area contributed by atoms with Gasteiger partial charge in [-0.2, -0.15) is 0 Å². The van der Waals surface area contributed by atoms with Crippen LogP contribution in [0.1, 0.15) is 37.4 Å². The maximum atomic E-state index is 12.4. The Hall–Kier alpha value is -2.62. The van der Waals surface area contributed by atoms with Gasteiger partial charge in [-0.3, -0.25) is 9.59 Å². The van der Waals surface area contributed by atoms with E-state index in [1.165, 1.54) is 0 Å². The van der Waals surface area contributed by atoms with Crippen molar-refractivity contribution in [2.75, 3.05) is 0 Å². The van der Waals surface area contributed by atoms with Crippen molar-refractivity contribution in [2.45, 2.75) is 6.92 Å². The monoisotopic (exact) mass is 251 g/mol. The first kappa shape index (κ1) is 11.5. The molecule has 4 heteroatoms. The fourth-order valence-corrected chi connectivity index (χ4v) is 2.39. The van der Waals surface area contributed by atoms with Gasteiger partial charge in [0.05, 0.1) is 5.56 Å². The summed E-state index contributed by atoms with van der Waals surface area (Å²) in [5.74, 6) is -0.557. The molecule has 3 rings (SSSR count). The highest BCUT2D eigenvalue weighted by Gasteiger charge is 2.32. The second-order valence-corrected chi connectivity index (χ2v) is 4.45. The first-order chi connectivity index (χ1) is 9.15. The van der Waals surface area contributed by atoms with Crippen LogP contribution in [0.3, 0.4) is 0 Å². The first-order valence-electron chi connectivity index (χ1n) is 5.80. The molecule has 0 amide bonds. The molecule has 2 aromatic carbocycles. The fraction of sp³-hybridized carbons (Fsp3) is 0.0667. The van der Waals surface area contributed by atoms with E-state index in [0.29, 0.717) is 16.7 Å². The maximum Gasteiger partial charge on any atom is 0.196 e. The summed E-state index contributed by atoms with van der Waals surface area (Å²) in [6.45, 7) is 1.69. The molecular weight excluding hydrogens is 242 g/mol. The maximum absolute atomic E-state index is 12.4. The van der Waals surface area contributed by atoms with Crippen LogP contribution in [0.15, 0.2) is 41.6 Å². The third-order valence-electron chi connectivity index (χ3n) is 3.36. The van der Waals surface area contributed by atoms with E-state index in [1.54, 1.807) is 43.3 Å². The summed E-state index contributed by atoms with van der Waals surface area (Å²) < 4.78 is 0. The molecule has 0 fully saturated rings. The van der Waals surface area contributed by atoms with Crippen molar-refractivity contribution in [3.05, 3.63) is 69.1 Å². The zero-order chi connectivity index (χ0) is 13.6. The number of nitroso groups, excluding NO2 is 1. The van der Waals surface area contributed by atoms with Crippen molar-refractivity contribution in [1.82, 2.24) is 0 Å². The Morgan fingerprint density at radius 1 is 0.842 bits per heavy atom. The molecule has 0 aromatic heterocycles. The molecule has 0 bridgehead atoms. The quantitative estimate of drug-likeness (QED) is 0.624. The van der Waals surface area contributed by atoms with Crippen LogP contribution >= 0.6 is 0 Å². The van der Waals surface area contributed by atoms with Gasteiger partial charge in [-0.15, -0.1) is 4.91 Å². The fourth-order valence-electron chi connectivity index (χ4n) is 2.39. The summed E-state index contributed by atoms with van der Waals surface area (Å²) in [6.07, 6.45) is 0. The predicted octanol–water partition coefficient (Wildman–Crippen LogP) is 3.17. The van der Waals surface area contributed by atoms with Crippen LogP contribution in [0.25, 0.3) is 0 Å². The van der Waals surface area contributed by atoms with Gasteiger partial charge >= 0.3 is 0 Å². The van der Waals surface area contributed by atoms with Gasteiger partial charge in [0.15, 0.2) is 11.6 Å². The Balaban J connectivity index is 2.39. The lowest BCUT2D eigenvalue weighted by Crippen LogP contribution is -2.21. The second-order valence-electron chi connectivity index (χ2n) is 4.45. The van der Waals surface area contributed by atoms with Crippen LogP contribution in [-0.2, 0) is 0 Å². The van der Waals surface area contributed by atoms with Gasteiger partial charge in [-0.25, -0.2) is 0 Å². The molecule has 0 saturated heterocycles. The van der Waals surface area contributed by atoms with E-state index in [1.807, 2.05) is 0 Å². The molecule has 92 valence electrons. The lowest BCUT2D eigenvalue weighted by Gasteiger charge is -2.18. The van der Waals surface area contributed by atoms with Gasteiger partial charge < -0.3 is 0 Å². The Bertz CT molecular complexity index is 747. The summed E-state index contributed by atoms with van der Waals surface area (Å²) in [5.41, 5.74) is 1.73. The zero-order valence-corrected chi connectivity index (χ0v) is 10.1. The summed E-state index contributed by atoms with van der Waals surface area (Å²) in [4.78, 5) is 35.7. The zero-order valence-electron chi connectivity index (χ0n) is 10.1. The van der Waals surface area contributed by atoms with Crippen molar-refractivity contribution < 1.29 is 9.59 Å². The van der Waals surface area contributed by atoms with Crippen molar-refractivity contribution in [3.63, 3.8) is 0 Å². The summed E-state index contributed by atoms with van der Waals surface area (Å²) in [5, 5.41) is 2.92. The van der Waals surface area contributed by atoms with Crippen LogP contribution in [-0.4, -0.2) is 11.6 Å². The van der Waals surface area contributed by atoms with E-state index in [9.17, 15) is 14.5 Å². The molecule has 1 aliphatic rings. The molecule has 19 heavy (non-hydrogen) atoms. The molecule has 0 unspecified atom stereocenters. The van der Waals surface area contributed by atoms with Gasteiger partial charge in [0.2, 0.25) is 0 Å². The Morgan fingerprint density at radius 3 is 2.11 bits per heavy atom. The predicted molar refractivity (Wildman–Crippen MR) is 69.9 cm³/mol. The molecule has 0 N–H and O–H groups in total. The normalized spacial score (nSPS) is 12.9. The second kappa shape index (κ2) is 3.95. The Morgan fingerprint density at radius 2 is 1.47 bits per heavy atom. The molecule has 4 nitrogen and oxygen atoms in total. The SMILES string of the molecule is Cc1ccc2c(c1N=O)C(=O)c1ccccc1C2=O. The molecule has 0 saturated carbocycles. The highest BCUT2D eigenvalue weighted by atomic mass is 16.3. The van der Waals surface area contributed by atoms with E-state index in [-0.39, 0.29) is 28.4 Å². The number of hydrogen-bond donors (Lipinski definition) is 0. The number of aryl methyl sites for hydroxylation is 1. The molecular formula is C15H9NO3. The van der Waals surface area contributed by atoms with Crippen molar-refractivity contribution in [3.8, 4) is 0 Å². The van der Waals surface area contributed by atoms with E-state index in [2.05, 4.69) is 5.18 Å². The average Bonchev–Trinajstić information content (AvgIpc) is 2.44. The van der Waals surface area contributed by atoms with E-state index >= 15 is 0 Å². The third-order valence-corrected chi connectivity index (χ3v) is 3.36. The lowest BCUT2D eigenvalue weighted by atomic mass is 9.82. The van der Waals surface area contributed by atoms with Gasteiger partial charge in [0.25, 0.3) is 0 Å². The Kier molecular flexibility index (Phi) is 2.38.